The first-order valence-electron chi connectivity index (χ1n) is 11.8. The van der Waals surface area contributed by atoms with E-state index in [1.165, 1.54) is 0 Å². The first kappa shape index (κ1) is 26.4. The number of ether oxygens (including phenoxy) is 3. The number of hydrogen-bond acceptors (Lipinski definition) is 6. The molecule has 3 aromatic rings. The minimum atomic E-state index is -0.766. The Morgan fingerprint density at radius 1 is 0.971 bits per heavy atom. The molecule has 35 heavy (non-hydrogen) atoms. The summed E-state index contributed by atoms with van der Waals surface area (Å²) in [7, 11) is 3.18. The highest BCUT2D eigenvalue weighted by atomic mass is 16.5. The Labute approximate surface area is 207 Å². The number of rotatable bonds is 11. The molecule has 0 bridgehead atoms. The van der Waals surface area contributed by atoms with E-state index < -0.39 is 11.2 Å². The monoisotopic (exact) mass is 480 g/mol. The predicted molar refractivity (Wildman–Crippen MR) is 138 cm³/mol. The lowest BCUT2D eigenvalue weighted by atomic mass is 10.0. The minimum absolute atomic E-state index is 0.169. The van der Waals surface area contributed by atoms with Gasteiger partial charge in [-0.3, -0.25) is 4.79 Å². The highest BCUT2D eigenvalue weighted by Gasteiger charge is 2.21. The average molecular weight is 481 g/mol. The largest absolute Gasteiger partial charge is 0.493 e. The molecule has 0 saturated carbocycles. The van der Waals surface area contributed by atoms with Crippen molar-refractivity contribution in [1.29, 1.82) is 0 Å². The molecule has 7 heteroatoms. The molecule has 0 unspecified atom stereocenters. The molecular formula is C28H36N2O5. The van der Waals surface area contributed by atoms with Crippen LogP contribution < -0.4 is 14.8 Å². The third-order valence-corrected chi connectivity index (χ3v) is 5.86. The number of carbonyl (C=O) groups excluding carboxylic acids is 1. The fourth-order valence-corrected chi connectivity index (χ4v) is 3.73. The highest BCUT2D eigenvalue weighted by molar-refractivity contribution is 6.07. The smallest absolute Gasteiger partial charge is 0.252 e. The van der Waals surface area contributed by atoms with Crippen LogP contribution in [0.15, 0.2) is 48.5 Å². The van der Waals surface area contributed by atoms with Crippen LogP contribution in [0.4, 0.5) is 0 Å². The summed E-state index contributed by atoms with van der Waals surface area (Å²) in [5.41, 5.74) is 1.59. The summed E-state index contributed by atoms with van der Waals surface area (Å²) in [5.74, 6) is 1.05. The molecule has 2 N–H and O–H groups in total. The van der Waals surface area contributed by atoms with Gasteiger partial charge in [0.25, 0.3) is 5.91 Å². The summed E-state index contributed by atoms with van der Waals surface area (Å²) in [5, 5.41) is 13.7. The number of amides is 1. The van der Waals surface area contributed by atoms with Crippen molar-refractivity contribution in [1.82, 2.24) is 10.3 Å². The van der Waals surface area contributed by atoms with Gasteiger partial charge in [0.05, 0.1) is 48.8 Å². The van der Waals surface area contributed by atoms with Crippen LogP contribution in [-0.4, -0.2) is 54.6 Å². The Bertz CT molecular complexity index is 1170. The van der Waals surface area contributed by atoms with Crippen LogP contribution in [0.3, 0.4) is 0 Å². The number of fused-ring (bicyclic) bond motifs is 1. The zero-order valence-corrected chi connectivity index (χ0v) is 21.5. The maximum Gasteiger partial charge on any atom is 0.252 e. The number of nitrogens with one attached hydrogen (secondary N) is 1. The van der Waals surface area contributed by atoms with Crippen LogP contribution in [0, 0.1) is 0 Å². The molecule has 1 heterocycles. The van der Waals surface area contributed by atoms with E-state index in [9.17, 15) is 9.90 Å². The van der Waals surface area contributed by atoms with Crippen molar-refractivity contribution in [3.05, 3.63) is 54.1 Å². The first-order chi connectivity index (χ1) is 16.5. The lowest BCUT2D eigenvalue weighted by molar-refractivity contribution is -0.0492. The normalized spacial score (nSPS) is 12.0. The predicted octanol–water partition coefficient (Wildman–Crippen LogP) is 5.00. The second-order valence-corrected chi connectivity index (χ2v) is 9.82. The van der Waals surface area contributed by atoms with Gasteiger partial charge >= 0.3 is 0 Å². The third kappa shape index (κ3) is 7.16. The minimum Gasteiger partial charge on any atom is -0.493 e. The van der Waals surface area contributed by atoms with E-state index in [4.69, 9.17) is 19.2 Å². The molecular weight excluding hydrogens is 444 g/mol. The van der Waals surface area contributed by atoms with Gasteiger partial charge in [0, 0.05) is 17.5 Å². The first-order valence-corrected chi connectivity index (χ1v) is 11.8. The van der Waals surface area contributed by atoms with Gasteiger partial charge in [0.15, 0.2) is 11.5 Å². The Morgan fingerprint density at radius 3 is 2.37 bits per heavy atom. The van der Waals surface area contributed by atoms with Crippen molar-refractivity contribution >= 4 is 16.8 Å². The second-order valence-electron chi connectivity index (χ2n) is 9.82. The van der Waals surface area contributed by atoms with Crippen LogP contribution in [-0.2, 0) is 4.74 Å². The Morgan fingerprint density at radius 2 is 1.69 bits per heavy atom. The lowest BCUT2D eigenvalue weighted by Gasteiger charge is -2.27. The van der Waals surface area contributed by atoms with Crippen molar-refractivity contribution in [2.45, 2.75) is 51.7 Å². The summed E-state index contributed by atoms with van der Waals surface area (Å²) in [4.78, 5) is 18.0. The van der Waals surface area contributed by atoms with E-state index in [0.717, 1.165) is 16.5 Å². The van der Waals surface area contributed by atoms with Crippen LogP contribution in [0.2, 0.25) is 0 Å². The number of benzene rings is 2. The van der Waals surface area contributed by atoms with Crippen molar-refractivity contribution in [2.24, 2.45) is 0 Å². The number of pyridine rings is 1. The zero-order chi connectivity index (χ0) is 25.6. The zero-order valence-electron chi connectivity index (χ0n) is 21.5. The van der Waals surface area contributed by atoms with E-state index >= 15 is 0 Å². The third-order valence-electron chi connectivity index (χ3n) is 5.86. The average Bonchev–Trinajstić information content (AvgIpc) is 2.81. The van der Waals surface area contributed by atoms with E-state index in [1.54, 1.807) is 28.1 Å². The van der Waals surface area contributed by atoms with Crippen molar-refractivity contribution in [2.75, 3.05) is 27.4 Å². The summed E-state index contributed by atoms with van der Waals surface area (Å²) in [6, 6.07) is 15.0. The van der Waals surface area contributed by atoms with Gasteiger partial charge in [-0.2, -0.15) is 0 Å². The maximum atomic E-state index is 13.2. The number of nitrogens with zero attached hydrogens (tertiary/aromatic N) is 1. The van der Waals surface area contributed by atoms with Crippen LogP contribution in [0.5, 0.6) is 11.5 Å². The molecule has 0 aliphatic rings. The molecule has 188 valence electrons. The number of aliphatic hydroxyl groups is 1. The van der Waals surface area contributed by atoms with Crippen molar-refractivity contribution in [3.63, 3.8) is 0 Å². The van der Waals surface area contributed by atoms with Crippen LogP contribution in [0.1, 0.15) is 50.9 Å². The summed E-state index contributed by atoms with van der Waals surface area (Å²) < 4.78 is 16.7. The standard InChI is InChI=1S/C28H36N2O5/c1-27(2,32)14-16-35-28(3,4)13-15-29-26(31)21-18-23(30-22-10-8-7-9-20(21)22)19-11-12-24(33-5)25(17-19)34-6/h7-12,17-18,32H,13-16H2,1-6H3,(H,29,31). The topological polar surface area (TPSA) is 89.9 Å². The van der Waals surface area contributed by atoms with Gasteiger partial charge in [-0.1, -0.05) is 18.2 Å². The Kier molecular flexibility index (Phi) is 8.35. The van der Waals surface area contributed by atoms with Gasteiger partial charge in [-0.15, -0.1) is 0 Å². The molecule has 0 fully saturated rings. The Hall–Kier alpha value is -3.16. The summed E-state index contributed by atoms with van der Waals surface area (Å²) in [6.07, 6.45) is 1.18. The molecule has 2 aromatic carbocycles. The molecule has 0 aliphatic carbocycles. The number of aromatic nitrogens is 1. The van der Waals surface area contributed by atoms with Gasteiger partial charge in [0.1, 0.15) is 0 Å². The second kappa shape index (κ2) is 11.1. The molecule has 7 nitrogen and oxygen atoms in total. The molecule has 3 rings (SSSR count). The molecule has 0 atom stereocenters. The van der Waals surface area contributed by atoms with Gasteiger partial charge in [-0.05, 0) is 70.9 Å². The van der Waals surface area contributed by atoms with Gasteiger partial charge < -0.3 is 24.6 Å². The van der Waals surface area contributed by atoms with E-state index in [0.29, 0.717) is 48.7 Å². The number of methoxy groups -OCH3 is 2. The maximum absolute atomic E-state index is 13.2. The quantitative estimate of drug-likeness (QED) is 0.402. The van der Waals surface area contributed by atoms with Crippen LogP contribution in [0.25, 0.3) is 22.2 Å². The Balaban J connectivity index is 1.79. The number of para-hydroxylation sites is 1. The summed E-state index contributed by atoms with van der Waals surface area (Å²) in [6.45, 7) is 8.41. The number of carbonyl (C=O) groups is 1. The van der Waals surface area contributed by atoms with Gasteiger partial charge in [-0.25, -0.2) is 4.98 Å². The molecule has 1 aromatic heterocycles. The summed E-state index contributed by atoms with van der Waals surface area (Å²) >= 11 is 0. The SMILES string of the molecule is COc1ccc(-c2cc(C(=O)NCCC(C)(C)OCCC(C)(C)O)c3ccccc3n2)cc1OC. The number of hydrogen-bond donors (Lipinski definition) is 2. The van der Waals surface area contributed by atoms with Crippen LogP contribution >= 0.6 is 0 Å². The van der Waals surface area contributed by atoms with E-state index in [-0.39, 0.29) is 5.91 Å². The lowest BCUT2D eigenvalue weighted by Crippen LogP contribution is -2.34. The molecule has 0 aliphatic heterocycles. The molecule has 0 radical (unpaired) electrons. The molecule has 1 amide bonds. The fraction of sp³-hybridized carbons (Fsp3) is 0.429. The van der Waals surface area contributed by atoms with Crippen molar-refractivity contribution < 1.29 is 24.1 Å². The molecule has 0 spiro atoms. The molecule has 0 saturated heterocycles. The van der Waals surface area contributed by atoms with Crippen molar-refractivity contribution in [3.8, 4) is 22.8 Å². The van der Waals surface area contributed by atoms with Gasteiger partial charge in [0.2, 0.25) is 0 Å². The van der Waals surface area contributed by atoms with E-state index in [2.05, 4.69) is 5.32 Å². The van der Waals surface area contributed by atoms with E-state index in [1.807, 2.05) is 62.4 Å². The highest BCUT2D eigenvalue weighted by Crippen LogP contribution is 2.33. The fourth-order valence-electron chi connectivity index (χ4n) is 3.73.